The highest BCUT2D eigenvalue weighted by Crippen LogP contribution is 2.33. The van der Waals surface area contributed by atoms with Crippen molar-refractivity contribution in [3.05, 3.63) is 34.9 Å². The summed E-state index contributed by atoms with van der Waals surface area (Å²) in [5, 5.41) is 2.14. The average Bonchev–Trinajstić information content (AvgIpc) is 3.58. The molecule has 1 N–H and O–H groups in total. The van der Waals surface area contributed by atoms with Crippen LogP contribution in [0.1, 0.15) is 60.0 Å². The van der Waals surface area contributed by atoms with Gasteiger partial charge in [0.25, 0.3) is 5.91 Å². The maximum absolute atomic E-state index is 12.9. The third-order valence-corrected chi connectivity index (χ3v) is 9.15. The number of sulfonamides is 1. The quantitative estimate of drug-likeness (QED) is 0.541. The summed E-state index contributed by atoms with van der Waals surface area (Å²) in [6, 6.07) is 4.76. The molecule has 0 bridgehead atoms. The summed E-state index contributed by atoms with van der Waals surface area (Å²) in [7, 11) is -3.13. The molecule has 32 heavy (non-hydrogen) atoms. The molecule has 3 heterocycles. The number of hydrogen-bond acceptors (Lipinski definition) is 5. The molecule has 2 saturated heterocycles. The summed E-state index contributed by atoms with van der Waals surface area (Å²) in [6.07, 6.45) is 3.50. The zero-order valence-electron chi connectivity index (χ0n) is 17.7. The molecule has 0 aromatic heterocycles. The van der Waals surface area contributed by atoms with Gasteiger partial charge in [-0.3, -0.25) is 19.7 Å². The number of carbonyl (C=O) groups is 3. The first-order valence-corrected chi connectivity index (χ1v) is 12.6. The molecule has 0 spiro atoms. The van der Waals surface area contributed by atoms with Crippen molar-refractivity contribution in [2.24, 2.45) is 5.92 Å². The first-order valence-electron chi connectivity index (χ1n) is 11.1. The minimum atomic E-state index is -3.13. The molecule has 3 aliphatic heterocycles. The molecule has 1 unspecified atom stereocenters. The maximum Gasteiger partial charge on any atom is 0.255 e. The van der Waals surface area contributed by atoms with Gasteiger partial charge in [0.15, 0.2) is 0 Å². The van der Waals surface area contributed by atoms with Crippen molar-refractivity contribution < 1.29 is 22.8 Å². The lowest BCUT2D eigenvalue weighted by molar-refractivity contribution is -0.136. The lowest BCUT2D eigenvalue weighted by Gasteiger charge is -2.29. The third kappa shape index (κ3) is 3.82. The van der Waals surface area contributed by atoms with E-state index in [1.54, 1.807) is 16.4 Å². The minimum absolute atomic E-state index is 0.111. The van der Waals surface area contributed by atoms with Crippen LogP contribution in [-0.2, 0) is 26.2 Å². The van der Waals surface area contributed by atoms with E-state index in [2.05, 4.69) is 17.2 Å². The van der Waals surface area contributed by atoms with E-state index in [4.69, 9.17) is 0 Å². The SMILES string of the molecule is O=C1CCC(N2Cc3c(C#CC4CCN(S(=O)(=O)C5CC5)CC4)cccc3C2=O)C(=O)N1. The summed E-state index contributed by atoms with van der Waals surface area (Å²) in [5.74, 6) is 5.66. The van der Waals surface area contributed by atoms with Crippen molar-refractivity contribution in [2.75, 3.05) is 13.1 Å². The fourth-order valence-electron chi connectivity index (χ4n) is 4.71. The number of carbonyl (C=O) groups excluding carboxylic acids is 3. The van der Waals surface area contributed by atoms with Gasteiger partial charge in [0, 0.05) is 43.1 Å². The van der Waals surface area contributed by atoms with E-state index < -0.39 is 22.0 Å². The van der Waals surface area contributed by atoms with Crippen LogP contribution in [0.5, 0.6) is 0 Å². The molecule has 1 aromatic carbocycles. The van der Waals surface area contributed by atoms with Crippen LogP contribution in [0.15, 0.2) is 18.2 Å². The Morgan fingerprint density at radius 2 is 1.75 bits per heavy atom. The topological polar surface area (TPSA) is 104 Å². The Morgan fingerprint density at radius 3 is 2.44 bits per heavy atom. The highest BCUT2D eigenvalue weighted by molar-refractivity contribution is 7.90. The van der Waals surface area contributed by atoms with Crippen LogP contribution in [0.2, 0.25) is 0 Å². The first-order chi connectivity index (χ1) is 15.3. The Labute approximate surface area is 187 Å². The maximum atomic E-state index is 12.9. The second kappa shape index (κ2) is 8.01. The number of nitrogens with one attached hydrogen (secondary N) is 1. The fraction of sp³-hybridized carbons (Fsp3) is 0.522. The minimum Gasteiger partial charge on any atom is -0.322 e. The number of nitrogens with zero attached hydrogens (tertiary/aromatic N) is 2. The number of imide groups is 1. The molecular weight excluding hydrogens is 430 g/mol. The van der Waals surface area contributed by atoms with E-state index in [1.807, 2.05) is 6.07 Å². The van der Waals surface area contributed by atoms with Gasteiger partial charge in [0.05, 0.1) is 5.25 Å². The van der Waals surface area contributed by atoms with Gasteiger partial charge in [0.1, 0.15) is 6.04 Å². The molecule has 0 radical (unpaired) electrons. The number of rotatable bonds is 3. The highest BCUT2D eigenvalue weighted by atomic mass is 32.2. The van der Waals surface area contributed by atoms with Crippen LogP contribution in [0, 0.1) is 17.8 Å². The Kier molecular flexibility index (Phi) is 5.30. The van der Waals surface area contributed by atoms with Crippen molar-refractivity contribution in [1.29, 1.82) is 0 Å². The predicted octanol–water partition coefficient (Wildman–Crippen LogP) is 1.00. The Hall–Kier alpha value is -2.70. The standard InChI is InChI=1S/C23H25N3O5S/c27-21-9-8-20(22(28)24-21)26-14-19-16(2-1-3-18(19)23(26)29)5-4-15-10-12-25(13-11-15)32(30,31)17-6-7-17/h1-3,15,17,20H,6-14H2,(H,24,27,28). The van der Waals surface area contributed by atoms with E-state index in [9.17, 15) is 22.8 Å². The van der Waals surface area contributed by atoms with Gasteiger partial charge in [0.2, 0.25) is 21.8 Å². The van der Waals surface area contributed by atoms with E-state index in [1.165, 1.54) is 4.90 Å². The third-order valence-electron chi connectivity index (χ3n) is 6.75. The van der Waals surface area contributed by atoms with E-state index in [-0.39, 0.29) is 29.4 Å². The normalized spacial score (nSPS) is 24.7. The molecule has 3 fully saturated rings. The number of benzene rings is 1. The first kappa shape index (κ1) is 21.2. The number of fused-ring (bicyclic) bond motifs is 1. The summed E-state index contributed by atoms with van der Waals surface area (Å²) in [5.41, 5.74) is 2.12. The van der Waals surface area contributed by atoms with E-state index in [0.717, 1.165) is 24.0 Å². The van der Waals surface area contributed by atoms with Gasteiger partial charge in [-0.05, 0) is 49.8 Å². The van der Waals surface area contributed by atoms with Crippen LogP contribution in [0.3, 0.4) is 0 Å². The highest BCUT2D eigenvalue weighted by Gasteiger charge is 2.41. The van der Waals surface area contributed by atoms with Crippen molar-refractivity contribution in [1.82, 2.24) is 14.5 Å². The summed E-state index contributed by atoms with van der Waals surface area (Å²) < 4.78 is 26.4. The molecule has 9 heteroatoms. The van der Waals surface area contributed by atoms with Crippen LogP contribution < -0.4 is 5.32 Å². The lowest BCUT2D eigenvalue weighted by Crippen LogP contribution is -2.52. The van der Waals surface area contributed by atoms with Crippen molar-refractivity contribution >= 4 is 27.7 Å². The van der Waals surface area contributed by atoms with Crippen molar-refractivity contribution in [3.8, 4) is 11.8 Å². The van der Waals surface area contributed by atoms with Gasteiger partial charge < -0.3 is 4.90 Å². The number of amides is 3. The molecule has 4 aliphatic rings. The van der Waals surface area contributed by atoms with Crippen molar-refractivity contribution in [3.63, 3.8) is 0 Å². The van der Waals surface area contributed by atoms with Gasteiger partial charge in [-0.15, -0.1) is 0 Å². The molecule has 168 valence electrons. The summed E-state index contributed by atoms with van der Waals surface area (Å²) >= 11 is 0. The monoisotopic (exact) mass is 455 g/mol. The molecule has 5 rings (SSSR count). The van der Waals surface area contributed by atoms with Crippen LogP contribution >= 0.6 is 0 Å². The lowest BCUT2D eigenvalue weighted by atomic mass is 9.97. The zero-order chi connectivity index (χ0) is 22.5. The van der Waals surface area contributed by atoms with Gasteiger partial charge in [-0.1, -0.05) is 17.9 Å². The van der Waals surface area contributed by atoms with Gasteiger partial charge in [-0.2, -0.15) is 0 Å². The van der Waals surface area contributed by atoms with Crippen molar-refractivity contribution in [2.45, 2.75) is 56.4 Å². The Morgan fingerprint density at radius 1 is 1.00 bits per heavy atom. The summed E-state index contributed by atoms with van der Waals surface area (Å²) in [4.78, 5) is 38.1. The summed E-state index contributed by atoms with van der Waals surface area (Å²) in [6.45, 7) is 1.31. The number of piperidine rings is 2. The molecule has 1 aliphatic carbocycles. The molecular formula is C23H25N3O5S. The second-order valence-corrected chi connectivity index (χ2v) is 11.1. The Bertz CT molecular complexity index is 1150. The van der Waals surface area contributed by atoms with Gasteiger partial charge in [-0.25, -0.2) is 12.7 Å². The largest absolute Gasteiger partial charge is 0.322 e. The average molecular weight is 456 g/mol. The van der Waals surface area contributed by atoms with Gasteiger partial charge >= 0.3 is 0 Å². The van der Waals surface area contributed by atoms with Crippen LogP contribution in [0.25, 0.3) is 0 Å². The Balaban J connectivity index is 1.28. The van der Waals surface area contributed by atoms with Crippen LogP contribution in [-0.4, -0.2) is 59.7 Å². The number of hydrogen-bond donors (Lipinski definition) is 1. The molecule has 1 atom stereocenters. The predicted molar refractivity (Wildman–Crippen MR) is 116 cm³/mol. The fourth-order valence-corrected chi connectivity index (χ4v) is 6.59. The molecule has 8 nitrogen and oxygen atoms in total. The molecule has 1 saturated carbocycles. The molecule has 3 amide bonds. The van der Waals surface area contributed by atoms with Crippen LogP contribution in [0.4, 0.5) is 0 Å². The second-order valence-electron chi connectivity index (χ2n) is 8.92. The van der Waals surface area contributed by atoms with E-state index >= 15 is 0 Å². The van der Waals surface area contributed by atoms with E-state index in [0.29, 0.717) is 44.5 Å². The smallest absolute Gasteiger partial charge is 0.255 e. The molecule has 1 aromatic rings. The zero-order valence-corrected chi connectivity index (χ0v) is 18.5.